The summed E-state index contributed by atoms with van der Waals surface area (Å²) in [6.07, 6.45) is 1.75. The van der Waals surface area contributed by atoms with Gasteiger partial charge in [0, 0.05) is 4.47 Å². The van der Waals surface area contributed by atoms with Gasteiger partial charge in [-0.05, 0) is 60.2 Å². The van der Waals surface area contributed by atoms with Crippen LogP contribution in [0.3, 0.4) is 0 Å². The summed E-state index contributed by atoms with van der Waals surface area (Å²) in [6.45, 7) is 0.196. The largest absolute Gasteiger partial charge is 0.496 e. The van der Waals surface area contributed by atoms with Crippen molar-refractivity contribution in [3.8, 4) is 17.2 Å². The van der Waals surface area contributed by atoms with E-state index in [0.29, 0.717) is 34.5 Å². The van der Waals surface area contributed by atoms with Crippen molar-refractivity contribution in [3.05, 3.63) is 88.0 Å². The standard InChI is InChI=1S/C24H17BrN2O4/c1-29-20-5-3-2-4-18(20)23-26-19(12-15-6-11-21-22(13-15)31-14-30-21)24(28)27(23)17-9-7-16(25)8-10-17/h2-13H,14H2,1H3/b19-12+. The smallest absolute Gasteiger partial charge is 0.282 e. The quantitative estimate of drug-likeness (QED) is 0.496. The van der Waals surface area contributed by atoms with Crippen LogP contribution in [0, 0.1) is 0 Å². The van der Waals surface area contributed by atoms with Gasteiger partial charge in [0.1, 0.15) is 11.4 Å². The lowest BCUT2D eigenvalue weighted by molar-refractivity contribution is -0.113. The first-order valence-electron chi connectivity index (χ1n) is 9.57. The molecule has 0 radical (unpaired) electrons. The summed E-state index contributed by atoms with van der Waals surface area (Å²) in [4.78, 5) is 19.8. The highest BCUT2D eigenvalue weighted by Gasteiger charge is 2.34. The van der Waals surface area contributed by atoms with Crippen molar-refractivity contribution in [2.75, 3.05) is 18.8 Å². The van der Waals surface area contributed by atoms with E-state index in [4.69, 9.17) is 19.2 Å². The van der Waals surface area contributed by atoms with Crippen LogP contribution in [-0.2, 0) is 4.79 Å². The van der Waals surface area contributed by atoms with Crippen LogP contribution in [0.1, 0.15) is 11.1 Å². The predicted octanol–water partition coefficient (Wildman–Crippen LogP) is 5.02. The number of benzene rings is 3. The number of anilines is 1. The maximum Gasteiger partial charge on any atom is 0.282 e. The number of nitrogens with zero attached hydrogens (tertiary/aromatic N) is 2. The van der Waals surface area contributed by atoms with E-state index in [-0.39, 0.29) is 12.7 Å². The molecule has 2 aliphatic heterocycles. The van der Waals surface area contributed by atoms with E-state index < -0.39 is 0 Å². The number of ether oxygens (including phenoxy) is 3. The van der Waals surface area contributed by atoms with Gasteiger partial charge in [0.15, 0.2) is 17.3 Å². The lowest BCUT2D eigenvalue weighted by atomic mass is 10.1. The molecule has 3 aromatic rings. The van der Waals surface area contributed by atoms with Crippen LogP contribution in [-0.4, -0.2) is 25.6 Å². The fraction of sp³-hybridized carbons (Fsp3) is 0.0833. The van der Waals surface area contributed by atoms with Gasteiger partial charge in [-0.1, -0.05) is 34.1 Å². The molecule has 0 atom stereocenters. The van der Waals surface area contributed by atoms with E-state index in [1.165, 1.54) is 0 Å². The summed E-state index contributed by atoms with van der Waals surface area (Å²) < 4.78 is 17.3. The monoisotopic (exact) mass is 476 g/mol. The van der Waals surface area contributed by atoms with E-state index in [9.17, 15) is 4.79 Å². The fourth-order valence-corrected chi connectivity index (χ4v) is 3.78. The third kappa shape index (κ3) is 3.57. The molecule has 5 rings (SSSR count). The Hall–Kier alpha value is -3.58. The van der Waals surface area contributed by atoms with Gasteiger partial charge >= 0.3 is 0 Å². The molecule has 0 saturated carbocycles. The third-order valence-corrected chi connectivity index (χ3v) is 5.52. The number of amides is 1. The molecule has 6 nitrogen and oxygen atoms in total. The number of carbonyl (C=O) groups is 1. The van der Waals surface area contributed by atoms with Gasteiger partial charge in [-0.3, -0.25) is 9.69 Å². The highest BCUT2D eigenvalue weighted by molar-refractivity contribution is 9.10. The normalized spacial score (nSPS) is 16.1. The summed E-state index contributed by atoms with van der Waals surface area (Å²) in [6, 6.07) is 20.6. The maximum atomic E-state index is 13.4. The Kier molecular flexibility index (Phi) is 4.95. The first-order valence-corrected chi connectivity index (χ1v) is 10.4. The zero-order chi connectivity index (χ0) is 21.4. The average Bonchev–Trinajstić information content (AvgIpc) is 3.39. The number of rotatable bonds is 4. The van der Waals surface area contributed by atoms with Crippen molar-refractivity contribution < 1.29 is 19.0 Å². The second-order valence-electron chi connectivity index (χ2n) is 6.89. The molecule has 1 amide bonds. The Bertz CT molecular complexity index is 1230. The minimum atomic E-state index is -0.221. The van der Waals surface area contributed by atoms with Crippen LogP contribution in [0.2, 0.25) is 0 Å². The summed E-state index contributed by atoms with van der Waals surface area (Å²) in [5.41, 5.74) is 2.57. The first kappa shape index (κ1) is 19.4. The molecule has 0 aliphatic carbocycles. The molecule has 0 saturated heterocycles. The van der Waals surface area contributed by atoms with Gasteiger partial charge in [0.05, 0.1) is 18.4 Å². The number of fused-ring (bicyclic) bond motifs is 1. The lowest BCUT2D eigenvalue weighted by Crippen LogP contribution is -2.32. The van der Waals surface area contributed by atoms with Crippen molar-refractivity contribution in [2.24, 2.45) is 4.99 Å². The van der Waals surface area contributed by atoms with E-state index in [0.717, 1.165) is 15.6 Å². The summed E-state index contributed by atoms with van der Waals surface area (Å²) in [5.74, 6) is 2.27. The number of halogens is 1. The molecule has 7 heteroatoms. The molecule has 2 heterocycles. The van der Waals surface area contributed by atoms with E-state index in [2.05, 4.69) is 15.9 Å². The number of hydrogen-bond acceptors (Lipinski definition) is 5. The Balaban J connectivity index is 1.62. The van der Waals surface area contributed by atoms with Gasteiger partial charge in [-0.25, -0.2) is 4.99 Å². The second kappa shape index (κ2) is 7.92. The van der Waals surface area contributed by atoms with Crippen LogP contribution in [0.15, 0.2) is 81.9 Å². The Morgan fingerprint density at radius 1 is 1.03 bits per heavy atom. The van der Waals surface area contributed by atoms with Gasteiger partial charge in [-0.15, -0.1) is 0 Å². The van der Waals surface area contributed by atoms with Crippen LogP contribution in [0.5, 0.6) is 17.2 Å². The molecule has 0 aromatic heterocycles. The highest BCUT2D eigenvalue weighted by atomic mass is 79.9. The Morgan fingerprint density at radius 2 is 1.81 bits per heavy atom. The van der Waals surface area contributed by atoms with Crippen LogP contribution < -0.4 is 19.1 Å². The number of carbonyl (C=O) groups excluding carboxylic acids is 1. The first-order chi connectivity index (χ1) is 15.1. The van der Waals surface area contributed by atoms with Crippen molar-refractivity contribution in [2.45, 2.75) is 0 Å². The molecule has 31 heavy (non-hydrogen) atoms. The topological polar surface area (TPSA) is 60.4 Å². The molecule has 0 fully saturated rings. The number of methoxy groups -OCH3 is 1. The predicted molar refractivity (Wildman–Crippen MR) is 122 cm³/mol. The third-order valence-electron chi connectivity index (χ3n) is 4.99. The summed E-state index contributed by atoms with van der Waals surface area (Å²) >= 11 is 3.45. The SMILES string of the molecule is COc1ccccc1C1=N/C(=C/c2ccc3c(c2)OCO3)C(=O)N1c1ccc(Br)cc1. The lowest BCUT2D eigenvalue weighted by Gasteiger charge is -2.20. The van der Waals surface area contributed by atoms with E-state index in [1.54, 1.807) is 18.1 Å². The number of amidine groups is 1. The second-order valence-corrected chi connectivity index (χ2v) is 7.81. The number of hydrogen-bond donors (Lipinski definition) is 0. The molecule has 0 spiro atoms. The van der Waals surface area contributed by atoms with Crippen LogP contribution in [0.4, 0.5) is 5.69 Å². The molecule has 154 valence electrons. The molecule has 0 bridgehead atoms. The van der Waals surface area contributed by atoms with Gasteiger partial charge in [0.25, 0.3) is 5.91 Å². The van der Waals surface area contributed by atoms with E-state index in [1.807, 2.05) is 66.7 Å². The van der Waals surface area contributed by atoms with Crippen molar-refractivity contribution in [1.82, 2.24) is 0 Å². The van der Waals surface area contributed by atoms with Crippen molar-refractivity contribution >= 4 is 39.4 Å². The van der Waals surface area contributed by atoms with Gasteiger partial charge < -0.3 is 14.2 Å². The molecular formula is C24H17BrN2O4. The number of para-hydroxylation sites is 1. The van der Waals surface area contributed by atoms with Crippen LogP contribution >= 0.6 is 15.9 Å². The Morgan fingerprint density at radius 3 is 2.61 bits per heavy atom. The Labute approximate surface area is 187 Å². The average molecular weight is 477 g/mol. The molecule has 3 aromatic carbocycles. The zero-order valence-corrected chi connectivity index (χ0v) is 18.1. The van der Waals surface area contributed by atoms with E-state index >= 15 is 0 Å². The zero-order valence-electron chi connectivity index (χ0n) is 16.5. The summed E-state index contributed by atoms with van der Waals surface area (Å²) in [5, 5.41) is 0. The van der Waals surface area contributed by atoms with Crippen molar-refractivity contribution in [3.63, 3.8) is 0 Å². The minimum absolute atomic E-state index is 0.196. The van der Waals surface area contributed by atoms with Crippen LogP contribution in [0.25, 0.3) is 6.08 Å². The molecule has 0 unspecified atom stereocenters. The van der Waals surface area contributed by atoms with Crippen molar-refractivity contribution in [1.29, 1.82) is 0 Å². The molecule has 0 N–H and O–H groups in total. The minimum Gasteiger partial charge on any atom is -0.496 e. The highest BCUT2D eigenvalue weighted by Crippen LogP contribution is 2.35. The number of aliphatic imine (C=N–C) groups is 1. The van der Waals surface area contributed by atoms with Gasteiger partial charge in [0.2, 0.25) is 6.79 Å². The summed E-state index contributed by atoms with van der Waals surface area (Å²) in [7, 11) is 1.60. The fourth-order valence-electron chi connectivity index (χ4n) is 3.52. The molecular weight excluding hydrogens is 460 g/mol. The van der Waals surface area contributed by atoms with Gasteiger partial charge in [-0.2, -0.15) is 0 Å². The maximum absolute atomic E-state index is 13.4. The molecule has 2 aliphatic rings.